The van der Waals surface area contributed by atoms with E-state index in [2.05, 4.69) is 24.1 Å². The largest absolute Gasteiger partial charge is 0.482 e. The van der Waals surface area contributed by atoms with Gasteiger partial charge in [0.2, 0.25) is 0 Å². The summed E-state index contributed by atoms with van der Waals surface area (Å²) >= 11 is 0. The van der Waals surface area contributed by atoms with Crippen molar-refractivity contribution >= 4 is 12.1 Å². The molecule has 1 saturated heterocycles. The number of ether oxygens (including phenoxy) is 3. The molecule has 1 aliphatic carbocycles. The summed E-state index contributed by atoms with van der Waals surface area (Å²) in [6.45, 7) is 12.7. The van der Waals surface area contributed by atoms with Crippen molar-refractivity contribution in [1.29, 1.82) is 0 Å². The number of hydrogen-bond acceptors (Lipinski definition) is 6. The fourth-order valence-electron chi connectivity index (χ4n) is 5.25. The first-order valence-corrected chi connectivity index (χ1v) is 13.5. The van der Waals surface area contributed by atoms with E-state index >= 15 is 0 Å². The molecule has 0 N–H and O–H groups in total. The van der Waals surface area contributed by atoms with Crippen molar-refractivity contribution in [3.63, 3.8) is 0 Å². The van der Waals surface area contributed by atoms with Crippen LogP contribution in [0.15, 0.2) is 24.3 Å². The standard InChI is InChI=1S/C29H46N2O5/c1-28(2,3)35-26(32)20-34-25-14-10-22(11-15-25)21-8-12-23(13-9-21)30(7)24-16-18-31(19-17-24)27(33)36-29(4,5)6/h10-11,14-15,21,23-24H,8-9,12-13,16-20H2,1-7H3. The number of esters is 1. The molecule has 0 atom stereocenters. The Bertz CT molecular complexity index is 855. The molecule has 202 valence electrons. The van der Waals surface area contributed by atoms with Crippen molar-refractivity contribution in [2.75, 3.05) is 26.7 Å². The van der Waals surface area contributed by atoms with Crippen LogP contribution >= 0.6 is 0 Å². The molecule has 1 aliphatic heterocycles. The normalized spacial score (nSPS) is 21.8. The molecule has 1 heterocycles. The van der Waals surface area contributed by atoms with E-state index in [1.807, 2.05) is 58.6 Å². The Morgan fingerprint density at radius 2 is 1.36 bits per heavy atom. The van der Waals surface area contributed by atoms with E-state index in [4.69, 9.17) is 14.2 Å². The zero-order valence-corrected chi connectivity index (χ0v) is 23.3. The molecule has 1 aromatic carbocycles. The van der Waals surface area contributed by atoms with Gasteiger partial charge in [-0.25, -0.2) is 9.59 Å². The molecule has 36 heavy (non-hydrogen) atoms. The third-order valence-corrected chi connectivity index (χ3v) is 7.09. The van der Waals surface area contributed by atoms with E-state index in [1.165, 1.54) is 31.2 Å². The molecular formula is C29H46N2O5. The number of amides is 1. The maximum Gasteiger partial charge on any atom is 0.410 e. The Morgan fingerprint density at radius 3 is 1.89 bits per heavy atom. The molecule has 1 saturated carbocycles. The summed E-state index contributed by atoms with van der Waals surface area (Å²) in [6, 6.07) is 9.28. The lowest BCUT2D eigenvalue weighted by atomic mass is 9.80. The topological polar surface area (TPSA) is 68.3 Å². The van der Waals surface area contributed by atoms with Gasteiger partial charge in [0.15, 0.2) is 6.61 Å². The van der Waals surface area contributed by atoms with Crippen LogP contribution < -0.4 is 4.74 Å². The number of carbonyl (C=O) groups excluding carboxylic acids is 2. The van der Waals surface area contributed by atoms with E-state index in [-0.39, 0.29) is 18.7 Å². The van der Waals surface area contributed by atoms with Crippen LogP contribution in [0.4, 0.5) is 4.79 Å². The average molecular weight is 503 g/mol. The van der Waals surface area contributed by atoms with Crippen molar-refractivity contribution in [3.05, 3.63) is 29.8 Å². The first kappa shape index (κ1) is 28.3. The third kappa shape index (κ3) is 8.68. The lowest BCUT2D eigenvalue weighted by Gasteiger charge is -2.42. The predicted octanol–water partition coefficient (Wildman–Crippen LogP) is 5.76. The smallest absolute Gasteiger partial charge is 0.410 e. The highest BCUT2D eigenvalue weighted by molar-refractivity contribution is 5.71. The fraction of sp³-hybridized carbons (Fsp3) is 0.724. The minimum Gasteiger partial charge on any atom is -0.482 e. The average Bonchev–Trinajstić information content (AvgIpc) is 2.81. The number of hydrogen-bond donors (Lipinski definition) is 0. The molecule has 1 aromatic rings. The monoisotopic (exact) mass is 502 g/mol. The molecule has 3 rings (SSSR count). The highest BCUT2D eigenvalue weighted by atomic mass is 16.6. The second kappa shape index (κ2) is 11.8. The molecule has 0 spiro atoms. The van der Waals surface area contributed by atoms with E-state index in [1.54, 1.807) is 0 Å². The van der Waals surface area contributed by atoms with Gasteiger partial charge < -0.3 is 24.0 Å². The van der Waals surface area contributed by atoms with E-state index in [0.29, 0.717) is 23.8 Å². The van der Waals surface area contributed by atoms with Crippen molar-refractivity contribution in [2.45, 2.75) is 109 Å². The summed E-state index contributed by atoms with van der Waals surface area (Å²) < 4.78 is 16.4. The number of piperidine rings is 1. The molecule has 0 bridgehead atoms. The molecule has 7 heteroatoms. The molecule has 0 aromatic heterocycles. The summed E-state index contributed by atoms with van der Waals surface area (Å²) in [5.41, 5.74) is 0.386. The van der Waals surface area contributed by atoms with Gasteiger partial charge in [0.1, 0.15) is 17.0 Å². The minimum absolute atomic E-state index is 0.0786. The second-order valence-electron chi connectivity index (χ2n) is 12.3. The molecule has 7 nitrogen and oxygen atoms in total. The SMILES string of the molecule is CN(C1CCC(c2ccc(OCC(=O)OC(C)(C)C)cc2)CC1)C1CCN(C(=O)OC(C)(C)C)CC1. The maximum absolute atomic E-state index is 12.4. The van der Waals surface area contributed by atoms with Crippen LogP contribution in [0.1, 0.15) is 91.5 Å². The van der Waals surface area contributed by atoms with Crippen LogP contribution in [-0.2, 0) is 14.3 Å². The Morgan fingerprint density at radius 1 is 0.833 bits per heavy atom. The first-order valence-electron chi connectivity index (χ1n) is 13.5. The van der Waals surface area contributed by atoms with Crippen LogP contribution in [-0.4, -0.2) is 71.9 Å². The van der Waals surface area contributed by atoms with Gasteiger partial charge in [0.25, 0.3) is 0 Å². The Hall–Kier alpha value is -2.28. The van der Waals surface area contributed by atoms with Gasteiger partial charge in [0.05, 0.1) is 0 Å². The number of carbonyl (C=O) groups is 2. The fourth-order valence-corrected chi connectivity index (χ4v) is 5.25. The molecule has 0 unspecified atom stereocenters. The second-order valence-corrected chi connectivity index (χ2v) is 12.3. The summed E-state index contributed by atoms with van der Waals surface area (Å²) in [7, 11) is 2.26. The maximum atomic E-state index is 12.4. The van der Waals surface area contributed by atoms with Gasteiger partial charge in [-0.3, -0.25) is 0 Å². The highest BCUT2D eigenvalue weighted by Crippen LogP contribution is 2.36. The summed E-state index contributed by atoms with van der Waals surface area (Å²) in [5.74, 6) is 0.892. The van der Waals surface area contributed by atoms with Gasteiger partial charge in [-0.05, 0) is 111 Å². The van der Waals surface area contributed by atoms with Crippen LogP contribution in [0.5, 0.6) is 5.75 Å². The first-order chi connectivity index (χ1) is 16.8. The third-order valence-electron chi connectivity index (χ3n) is 7.09. The van der Waals surface area contributed by atoms with Gasteiger partial charge in [-0.2, -0.15) is 0 Å². The van der Waals surface area contributed by atoms with Crippen molar-refractivity contribution in [1.82, 2.24) is 9.80 Å². The van der Waals surface area contributed by atoms with Gasteiger partial charge in [-0.1, -0.05) is 12.1 Å². The van der Waals surface area contributed by atoms with Crippen LogP contribution in [0, 0.1) is 0 Å². The van der Waals surface area contributed by atoms with Crippen molar-refractivity contribution in [3.8, 4) is 5.75 Å². The molecule has 0 radical (unpaired) electrons. The van der Waals surface area contributed by atoms with E-state index < -0.39 is 11.2 Å². The predicted molar refractivity (Wildman–Crippen MR) is 141 cm³/mol. The van der Waals surface area contributed by atoms with Gasteiger partial charge in [-0.15, -0.1) is 0 Å². The number of benzene rings is 1. The Balaban J connectivity index is 1.41. The number of rotatable bonds is 6. The Kier molecular flexibility index (Phi) is 9.31. The van der Waals surface area contributed by atoms with Crippen LogP contribution in [0.3, 0.4) is 0 Å². The zero-order chi connectivity index (χ0) is 26.5. The quantitative estimate of drug-likeness (QED) is 0.461. The lowest BCUT2D eigenvalue weighted by Crippen LogP contribution is -2.50. The Labute approximate surface area is 217 Å². The minimum atomic E-state index is -0.505. The zero-order valence-electron chi connectivity index (χ0n) is 23.3. The van der Waals surface area contributed by atoms with Gasteiger partial charge >= 0.3 is 12.1 Å². The molecular weight excluding hydrogens is 456 g/mol. The highest BCUT2D eigenvalue weighted by Gasteiger charge is 2.32. The van der Waals surface area contributed by atoms with Crippen LogP contribution in [0.25, 0.3) is 0 Å². The van der Waals surface area contributed by atoms with Gasteiger partial charge in [0, 0.05) is 25.2 Å². The van der Waals surface area contributed by atoms with Crippen molar-refractivity contribution in [2.24, 2.45) is 0 Å². The molecule has 2 fully saturated rings. The molecule has 1 amide bonds. The summed E-state index contributed by atoms with van der Waals surface area (Å²) in [5, 5.41) is 0. The molecule has 2 aliphatic rings. The van der Waals surface area contributed by atoms with E-state index in [0.717, 1.165) is 25.9 Å². The number of likely N-dealkylation sites (tertiary alicyclic amines) is 1. The summed E-state index contributed by atoms with van der Waals surface area (Å²) in [6.07, 6.45) is 6.52. The van der Waals surface area contributed by atoms with E-state index in [9.17, 15) is 9.59 Å². The number of nitrogens with zero attached hydrogens (tertiary/aromatic N) is 2. The lowest BCUT2D eigenvalue weighted by molar-refractivity contribution is -0.157. The summed E-state index contributed by atoms with van der Waals surface area (Å²) in [4.78, 5) is 28.6. The van der Waals surface area contributed by atoms with Crippen LogP contribution in [0.2, 0.25) is 0 Å². The van der Waals surface area contributed by atoms with Crippen molar-refractivity contribution < 1.29 is 23.8 Å².